The Bertz CT molecular complexity index is 482. The zero-order chi connectivity index (χ0) is 11.4. The lowest BCUT2D eigenvalue weighted by Crippen LogP contribution is -2.04. The summed E-state index contributed by atoms with van der Waals surface area (Å²) in [4.78, 5) is 13.8. The molecule has 0 aromatic carbocycles. The number of rotatable bonds is 4. The van der Waals surface area contributed by atoms with Gasteiger partial charge < -0.3 is 15.4 Å². The Morgan fingerprint density at radius 2 is 2.31 bits per heavy atom. The van der Waals surface area contributed by atoms with Crippen LogP contribution in [0.5, 0.6) is 0 Å². The van der Waals surface area contributed by atoms with Gasteiger partial charge in [-0.2, -0.15) is 5.10 Å². The van der Waals surface area contributed by atoms with Crippen molar-refractivity contribution in [2.24, 2.45) is 0 Å². The third-order valence-electron chi connectivity index (χ3n) is 1.99. The number of hydrogen-bond donors (Lipinski definition) is 2. The molecule has 16 heavy (non-hydrogen) atoms. The Morgan fingerprint density at radius 1 is 1.44 bits per heavy atom. The summed E-state index contributed by atoms with van der Waals surface area (Å²) in [5.41, 5.74) is 1.24. The van der Waals surface area contributed by atoms with Gasteiger partial charge in [0.1, 0.15) is 11.9 Å². The van der Waals surface area contributed by atoms with E-state index in [0.29, 0.717) is 12.2 Å². The van der Waals surface area contributed by atoms with Gasteiger partial charge >= 0.3 is 5.82 Å². The molecule has 0 saturated carbocycles. The largest absolute Gasteiger partial charge is 0.386 e. The van der Waals surface area contributed by atoms with E-state index in [1.807, 2.05) is 0 Å². The van der Waals surface area contributed by atoms with Gasteiger partial charge in [-0.1, -0.05) is 0 Å². The molecule has 2 heterocycles. The minimum atomic E-state index is -0.519. The third kappa shape index (κ3) is 2.14. The predicted molar refractivity (Wildman–Crippen MR) is 56.8 cm³/mol. The highest BCUT2D eigenvalue weighted by Crippen LogP contribution is 2.20. The number of anilines is 1. The normalized spacial score (nSPS) is 10.0. The molecule has 2 N–H and O–H groups in total. The molecule has 0 unspecified atom stereocenters. The Kier molecular flexibility index (Phi) is 2.77. The summed E-state index contributed by atoms with van der Waals surface area (Å²) in [7, 11) is 0. The molecule has 82 valence electrons. The fourth-order valence-corrected chi connectivity index (χ4v) is 1.25. The Balaban J connectivity index is 2.12. The van der Waals surface area contributed by atoms with E-state index in [4.69, 9.17) is 0 Å². The fourth-order valence-electron chi connectivity index (χ4n) is 1.25. The molecule has 2 aromatic rings. The molecule has 0 spiro atoms. The zero-order valence-corrected chi connectivity index (χ0v) is 8.25. The maximum absolute atomic E-state index is 10.7. The van der Waals surface area contributed by atoms with Gasteiger partial charge in [-0.05, 0) is 28.1 Å². The summed E-state index contributed by atoms with van der Waals surface area (Å²) in [6, 6.07) is 5.04. The molecule has 0 aliphatic rings. The topological polar surface area (TPSA) is 96.7 Å². The van der Waals surface area contributed by atoms with Gasteiger partial charge in [-0.25, -0.2) is 0 Å². The lowest BCUT2D eigenvalue weighted by molar-refractivity contribution is -0.388. The van der Waals surface area contributed by atoms with Crippen molar-refractivity contribution in [3.05, 3.63) is 46.4 Å². The summed E-state index contributed by atoms with van der Waals surface area (Å²) in [5, 5.41) is 20.1. The molecule has 2 rings (SSSR count). The van der Waals surface area contributed by atoms with E-state index < -0.39 is 4.92 Å². The lowest BCUT2D eigenvalue weighted by atomic mass is 10.3. The van der Waals surface area contributed by atoms with Gasteiger partial charge in [0, 0.05) is 6.20 Å². The first-order chi connectivity index (χ1) is 7.77. The van der Waals surface area contributed by atoms with E-state index >= 15 is 0 Å². The lowest BCUT2D eigenvalue weighted by Gasteiger charge is -2.04. The SMILES string of the molecule is O=[N+]([O-])c1ncccc1NCc1ccn[nH]1. The Hall–Kier alpha value is -2.44. The van der Waals surface area contributed by atoms with Crippen LogP contribution in [0.1, 0.15) is 5.69 Å². The highest BCUT2D eigenvalue weighted by Gasteiger charge is 2.13. The number of pyridine rings is 1. The van der Waals surface area contributed by atoms with Crippen LogP contribution < -0.4 is 5.32 Å². The number of hydrogen-bond acceptors (Lipinski definition) is 5. The van der Waals surface area contributed by atoms with Crippen molar-refractivity contribution < 1.29 is 4.92 Å². The maximum Gasteiger partial charge on any atom is 0.386 e. The van der Waals surface area contributed by atoms with Crippen LogP contribution in [0.25, 0.3) is 0 Å². The van der Waals surface area contributed by atoms with Gasteiger partial charge in [-0.3, -0.25) is 5.10 Å². The van der Waals surface area contributed by atoms with Crippen molar-refractivity contribution in [2.75, 3.05) is 5.32 Å². The molecule has 0 saturated heterocycles. The average molecular weight is 219 g/mol. The summed E-state index contributed by atoms with van der Waals surface area (Å²) >= 11 is 0. The molecule has 0 amide bonds. The average Bonchev–Trinajstić information content (AvgIpc) is 2.79. The molecule has 0 aliphatic heterocycles. The van der Waals surface area contributed by atoms with Crippen LogP contribution in [-0.4, -0.2) is 20.1 Å². The van der Waals surface area contributed by atoms with E-state index in [-0.39, 0.29) is 5.82 Å². The Morgan fingerprint density at radius 3 is 3.00 bits per heavy atom. The van der Waals surface area contributed by atoms with Gasteiger partial charge in [-0.15, -0.1) is 0 Å². The van der Waals surface area contributed by atoms with Crippen molar-refractivity contribution in [1.82, 2.24) is 15.2 Å². The second-order valence-corrected chi connectivity index (χ2v) is 3.07. The number of nitrogens with one attached hydrogen (secondary N) is 2. The molecule has 0 radical (unpaired) electrons. The molecule has 0 aliphatic carbocycles. The van der Waals surface area contributed by atoms with Crippen LogP contribution in [0.2, 0.25) is 0 Å². The van der Waals surface area contributed by atoms with Crippen LogP contribution >= 0.6 is 0 Å². The smallest absolute Gasteiger partial charge is 0.373 e. The summed E-state index contributed by atoms with van der Waals surface area (Å²) in [6.07, 6.45) is 3.01. The number of H-pyrrole nitrogens is 1. The van der Waals surface area contributed by atoms with Crippen LogP contribution in [0, 0.1) is 10.1 Å². The standard InChI is InChI=1S/C9H9N5O2/c15-14(16)9-8(2-1-4-10-9)11-6-7-3-5-12-13-7/h1-5,11H,6H2,(H,12,13). The molecular formula is C9H9N5O2. The maximum atomic E-state index is 10.7. The molecule has 0 atom stereocenters. The summed E-state index contributed by atoms with van der Waals surface area (Å²) in [6.45, 7) is 0.437. The third-order valence-corrected chi connectivity index (χ3v) is 1.99. The van der Waals surface area contributed by atoms with Crippen LogP contribution in [0.4, 0.5) is 11.5 Å². The quantitative estimate of drug-likeness (QED) is 0.597. The predicted octanol–water partition coefficient (Wildman–Crippen LogP) is 1.32. The first-order valence-corrected chi connectivity index (χ1v) is 4.59. The van der Waals surface area contributed by atoms with Crippen molar-refractivity contribution in [3.63, 3.8) is 0 Å². The van der Waals surface area contributed by atoms with E-state index in [9.17, 15) is 10.1 Å². The fraction of sp³-hybridized carbons (Fsp3) is 0.111. The number of nitro groups is 1. The highest BCUT2D eigenvalue weighted by atomic mass is 16.6. The molecule has 7 nitrogen and oxygen atoms in total. The Labute approximate surface area is 90.7 Å². The van der Waals surface area contributed by atoms with Crippen molar-refractivity contribution in [3.8, 4) is 0 Å². The number of aromatic amines is 1. The van der Waals surface area contributed by atoms with Gasteiger partial charge in [0.25, 0.3) is 0 Å². The van der Waals surface area contributed by atoms with Crippen molar-refractivity contribution in [1.29, 1.82) is 0 Å². The van der Waals surface area contributed by atoms with E-state index in [1.165, 1.54) is 6.20 Å². The minimum absolute atomic E-state index is 0.179. The first kappa shape index (κ1) is 10.1. The van der Waals surface area contributed by atoms with Gasteiger partial charge in [0.05, 0.1) is 12.2 Å². The van der Waals surface area contributed by atoms with Crippen LogP contribution in [0.15, 0.2) is 30.6 Å². The summed E-state index contributed by atoms with van der Waals surface area (Å²) < 4.78 is 0. The number of nitrogens with zero attached hydrogens (tertiary/aromatic N) is 3. The minimum Gasteiger partial charge on any atom is -0.373 e. The van der Waals surface area contributed by atoms with Gasteiger partial charge in [0.15, 0.2) is 0 Å². The molecular weight excluding hydrogens is 210 g/mol. The van der Waals surface area contributed by atoms with Crippen LogP contribution in [-0.2, 0) is 6.54 Å². The monoisotopic (exact) mass is 219 g/mol. The van der Waals surface area contributed by atoms with Gasteiger partial charge in [0.2, 0.25) is 0 Å². The molecule has 0 bridgehead atoms. The van der Waals surface area contributed by atoms with E-state index in [2.05, 4.69) is 20.5 Å². The van der Waals surface area contributed by atoms with Crippen LogP contribution in [0.3, 0.4) is 0 Å². The second-order valence-electron chi connectivity index (χ2n) is 3.07. The van der Waals surface area contributed by atoms with E-state index in [0.717, 1.165) is 5.69 Å². The molecule has 7 heteroatoms. The number of aromatic nitrogens is 3. The highest BCUT2D eigenvalue weighted by molar-refractivity contribution is 5.56. The first-order valence-electron chi connectivity index (χ1n) is 4.59. The molecule has 0 fully saturated rings. The van der Waals surface area contributed by atoms with E-state index in [1.54, 1.807) is 24.4 Å². The molecule has 2 aromatic heterocycles. The zero-order valence-electron chi connectivity index (χ0n) is 8.25. The summed E-state index contributed by atoms with van der Waals surface area (Å²) in [5.74, 6) is -0.179. The second kappa shape index (κ2) is 4.39. The van der Waals surface area contributed by atoms with Crippen molar-refractivity contribution in [2.45, 2.75) is 6.54 Å². The van der Waals surface area contributed by atoms with Crippen molar-refractivity contribution >= 4 is 11.5 Å².